The van der Waals surface area contributed by atoms with Crippen molar-refractivity contribution in [3.63, 3.8) is 0 Å². The summed E-state index contributed by atoms with van der Waals surface area (Å²) in [5.74, 6) is -0.563. The molecule has 3 amide bonds. The first-order chi connectivity index (χ1) is 11.1. The summed E-state index contributed by atoms with van der Waals surface area (Å²) in [6, 6.07) is 2.11. The van der Waals surface area contributed by atoms with Gasteiger partial charge in [-0.2, -0.15) is 8.42 Å². The smallest absolute Gasteiger partial charge is 0.312 e. The third-order valence-electron chi connectivity index (χ3n) is 3.11. The third-order valence-corrected chi connectivity index (χ3v) is 4.05. The van der Waals surface area contributed by atoms with E-state index in [1.54, 1.807) is 0 Å². The normalized spacial score (nSPS) is 12.5. The minimum atomic E-state index is -4.54. The largest absolute Gasteiger partial charge is 0.392 e. The molecule has 0 aliphatic rings. The average Bonchev–Trinajstić information content (AvgIpc) is 2.50. The number of hydrogen-bond donors (Lipinski definition) is 6. The van der Waals surface area contributed by atoms with Crippen LogP contribution in [0, 0.1) is 0 Å². The van der Waals surface area contributed by atoms with E-state index in [1.807, 2.05) is 0 Å². The van der Waals surface area contributed by atoms with Crippen LogP contribution in [-0.2, 0) is 21.5 Å². The minimum absolute atomic E-state index is 0.00248. The molecular formula is C13H20N4O6S. The van der Waals surface area contributed by atoms with Gasteiger partial charge in [-0.1, -0.05) is 6.07 Å². The van der Waals surface area contributed by atoms with E-state index in [0.29, 0.717) is 6.42 Å². The molecule has 1 aromatic carbocycles. The second kappa shape index (κ2) is 8.59. The lowest BCUT2D eigenvalue weighted by Crippen LogP contribution is -2.37. The van der Waals surface area contributed by atoms with Crippen molar-refractivity contribution in [2.24, 2.45) is 11.5 Å². The highest BCUT2D eigenvalue weighted by Crippen LogP contribution is 2.21. The fourth-order valence-electron chi connectivity index (χ4n) is 1.90. The van der Waals surface area contributed by atoms with Gasteiger partial charge in [0.1, 0.15) is 4.90 Å². The fourth-order valence-corrected chi connectivity index (χ4v) is 2.64. The maximum absolute atomic E-state index is 11.9. The van der Waals surface area contributed by atoms with Gasteiger partial charge in [-0.25, -0.2) is 4.79 Å². The molecule has 0 heterocycles. The van der Waals surface area contributed by atoms with E-state index in [1.165, 1.54) is 12.1 Å². The SMILES string of the molecule is NC(=O)NCCCC(N)C(=O)Nc1ccc(CO)c(S(=O)(=O)O)c1. The van der Waals surface area contributed by atoms with E-state index in [9.17, 15) is 18.0 Å². The molecule has 0 aromatic heterocycles. The van der Waals surface area contributed by atoms with E-state index in [2.05, 4.69) is 10.6 Å². The number of nitrogens with one attached hydrogen (secondary N) is 2. The molecule has 0 saturated heterocycles. The van der Waals surface area contributed by atoms with Gasteiger partial charge in [0.25, 0.3) is 10.1 Å². The van der Waals surface area contributed by atoms with Gasteiger partial charge in [0, 0.05) is 12.2 Å². The summed E-state index contributed by atoms with van der Waals surface area (Å²) in [6.45, 7) is -0.315. The van der Waals surface area contributed by atoms with Crippen LogP contribution in [-0.4, -0.2) is 42.6 Å². The Bertz CT molecular complexity index is 706. The summed E-state index contributed by atoms with van der Waals surface area (Å²) in [7, 11) is -4.54. The maximum Gasteiger partial charge on any atom is 0.312 e. The van der Waals surface area contributed by atoms with Gasteiger partial charge < -0.3 is 27.2 Å². The van der Waals surface area contributed by atoms with Crippen molar-refractivity contribution in [3.05, 3.63) is 23.8 Å². The Hall–Kier alpha value is -2.21. The number of carbonyl (C=O) groups is 2. The Balaban J connectivity index is 2.71. The van der Waals surface area contributed by atoms with E-state index in [0.717, 1.165) is 6.07 Å². The van der Waals surface area contributed by atoms with Crippen LogP contribution < -0.4 is 22.1 Å². The number of carbonyl (C=O) groups excluding carboxylic acids is 2. The first-order valence-corrected chi connectivity index (χ1v) is 8.40. The van der Waals surface area contributed by atoms with E-state index in [4.69, 9.17) is 21.1 Å². The summed E-state index contributed by atoms with van der Waals surface area (Å²) in [4.78, 5) is 21.9. The van der Waals surface area contributed by atoms with Crippen molar-refractivity contribution in [1.29, 1.82) is 0 Å². The molecule has 8 N–H and O–H groups in total. The second-order valence-electron chi connectivity index (χ2n) is 4.98. The lowest BCUT2D eigenvalue weighted by atomic mass is 10.1. The van der Waals surface area contributed by atoms with Crippen LogP contribution in [0.1, 0.15) is 18.4 Å². The quantitative estimate of drug-likeness (QED) is 0.257. The Morgan fingerprint density at radius 2 is 1.96 bits per heavy atom. The second-order valence-corrected chi connectivity index (χ2v) is 6.37. The molecule has 0 fully saturated rings. The molecule has 0 spiro atoms. The molecule has 11 heteroatoms. The summed E-state index contributed by atoms with van der Waals surface area (Å²) < 4.78 is 31.7. The molecule has 1 atom stereocenters. The lowest BCUT2D eigenvalue weighted by Gasteiger charge is -2.13. The molecule has 0 radical (unpaired) electrons. The van der Waals surface area contributed by atoms with Gasteiger partial charge in [0.15, 0.2) is 0 Å². The van der Waals surface area contributed by atoms with Crippen LogP contribution in [0.4, 0.5) is 10.5 Å². The van der Waals surface area contributed by atoms with Crippen molar-refractivity contribution in [3.8, 4) is 0 Å². The Morgan fingerprint density at radius 1 is 1.29 bits per heavy atom. The topological polar surface area (TPSA) is 185 Å². The maximum atomic E-state index is 11.9. The molecule has 0 saturated carbocycles. The van der Waals surface area contributed by atoms with Crippen LogP contribution in [0.25, 0.3) is 0 Å². The lowest BCUT2D eigenvalue weighted by molar-refractivity contribution is -0.117. The van der Waals surface area contributed by atoms with Crippen molar-refractivity contribution in [1.82, 2.24) is 5.32 Å². The van der Waals surface area contributed by atoms with E-state index in [-0.39, 0.29) is 24.2 Å². The zero-order valence-corrected chi connectivity index (χ0v) is 13.5. The number of benzene rings is 1. The van der Waals surface area contributed by atoms with Crippen molar-refractivity contribution >= 4 is 27.7 Å². The number of nitrogens with two attached hydrogens (primary N) is 2. The van der Waals surface area contributed by atoms with Gasteiger partial charge in [0.2, 0.25) is 5.91 Å². The van der Waals surface area contributed by atoms with Gasteiger partial charge in [-0.3, -0.25) is 9.35 Å². The number of anilines is 1. The average molecular weight is 360 g/mol. The minimum Gasteiger partial charge on any atom is -0.392 e. The van der Waals surface area contributed by atoms with E-state index < -0.39 is 39.6 Å². The van der Waals surface area contributed by atoms with Crippen LogP contribution in [0.15, 0.2) is 23.1 Å². The highest BCUT2D eigenvalue weighted by atomic mass is 32.2. The first kappa shape index (κ1) is 19.8. The summed E-state index contributed by atoms with van der Waals surface area (Å²) in [6.07, 6.45) is 0.698. The van der Waals surface area contributed by atoms with Crippen LogP contribution in [0.3, 0.4) is 0 Å². The number of aliphatic hydroxyl groups excluding tert-OH is 1. The number of primary amides is 1. The van der Waals surface area contributed by atoms with Gasteiger partial charge in [-0.15, -0.1) is 0 Å². The molecule has 1 unspecified atom stereocenters. The summed E-state index contributed by atoms with van der Waals surface area (Å²) in [5, 5.41) is 13.9. The fraction of sp³-hybridized carbons (Fsp3) is 0.385. The van der Waals surface area contributed by atoms with Gasteiger partial charge in [0.05, 0.1) is 12.6 Å². The summed E-state index contributed by atoms with van der Waals surface area (Å²) in [5.41, 5.74) is 10.7. The number of hydrogen-bond acceptors (Lipinski definition) is 6. The predicted octanol–water partition coefficient (Wildman–Crippen LogP) is -0.860. The Labute approximate surface area is 139 Å². The molecule has 24 heavy (non-hydrogen) atoms. The first-order valence-electron chi connectivity index (χ1n) is 6.96. The zero-order valence-electron chi connectivity index (χ0n) is 12.7. The van der Waals surface area contributed by atoms with Crippen molar-refractivity contribution < 1.29 is 27.7 Å². The number of amides is 3. The monoisotopic (exact) mass is 360 g/mol. The van der Waals surface area contributed by atoms with E-state index >= 15 is 0 Å². The molecule has 1 rings (SSSR count). The Kier molecular flexibility index (Phi) is 7.10. The molecule has 0 aliphatic heterocycles. The highest BCUT2D eigenvalue weighted by Gasteiger charge is 2.18. The molecule has 0 aliphatic carbocycles. The Morgan fingerprint density at radius 3 is 2.50 bits per heavy atom. The van der Waals surface area contributed by atoms with Crippen molar-refractivity contribution in [2.75, 3.05) is 11.9 Å². The molecule has 134 valence electrons. The van der Waals surface area contributed by atoms with Gasteiger partial charge in [-0.05, 0) is 30.5 Å². The van der Waals surface area contributed by atoms with Gasteiger partial charge >= 0.3 is 6.03 Å². The molecule has 1 aromatic rings. The van der Waals surface area contributed by atoms with Crippen LogP contribution in [0.2, 0.25) is 0 Å². The van der Waals surface area contributed by atoms with Crippen LogP contribution >= 0.6 is 0 Å². The van der Waals surface area contributed by atoms with Crippen molar-refractivity contribution in [2.45, 2.75) is 30.4 Å². The highest BCUT2D eigenvalue weighted by molar-refractivity contribution is 7.85. The third kappa shape index (κ3) is 6.12. The number of rotatable bonds is 8. The molecular weight excluding hydrogens is 340 g/mol. The molecule has 10 nitrogen and oxygen atoms in total. The standard InChI is InChI=1S/C13H20N4O6S/c14-10(2-1-5-16-13(15)20)12(19)17-9-4-3-8(7-18)11(6-9)24(21,22)23/h3-4,6,10,18H,1-2,5,7,14H2,(H,17,19)(H3,15,16,20)(H,21,22,23). The molecule has 0 bridgehead atoms. The number of urea groups is 1. The number of aliphatic hydroxyl groups is 1. The predicted molar refractivity (Wildman–Crippen MR) is 85.6 cm³/mol. The van der Waals surface area contributed by atoms with Crippen LogP contribution in [0.5, 0.6) is 0 Å². The zero-order chi connectivity index (χ0) is 18.3. The summed E-state index contributed by atoms with van der Waals surface area (Å²) >= 11 is 0.